The summed E-state index contributed by atoms with van der Waals surface area (Å²) < 4.78 is 12.9. The van der Waals surface area contributed by atoms with Gasteiger partial charge in [-0.25, -0.2) is 4.39 Å². The maximum absolute atomic E-state index is 12.9. The van der Waals surface area contributed by atoms with Gasteiger partial charge in [0.1, 0.15) is 10.8 Å². The van der Waals surface area contributed by atoms with E-state index in [1.807, 2.05) is 6.92 Å². The Bertz CT molecular complexity index is 754. The Morgan fingerprint density at radius 2 is 1.76 bits per heavy atom. The molecule has 1 aliphatic heterocycles. The first-order valence-electron chi connectivity index (χ1n) is 8.14. The maximum atomic E-state index is 12.9. The van der Waals surface area contributed by atoms with Gasteiger partial charge in [-0.1, -0.05) is 11.3 Å². The molecule has 0 aliphatic carbocycles. The first-order valence-corrected chi connectivity index (χ1v) is 8.96. The molecule has 8 heteroatoms. The first kappa shape index (κ1) is 17.5. The number of hydrogen-bond acceptors (Lipinski definition) is 6. The van der Waals surface area contributed by atoms with Crippen LogP contribution in [0.15, 0.2) is 24.3 Å². The molecule has 6 nitrogen and oxygen atoms in total. The van der Waals surface area contributed by atoms with Gasteiger partial charge in [-0.2, -0.15) is 0 Å². The molecule has 2 heterocycles. The van der Waals surface area contributed by atoms with Gasteiger partial charge < -0.3 is 9.80 Å². The van der Waals surface area contributed by atoms with Crippen LogP contribution in [0.1, 0.15) is 28.2 Å². The predicted molar refractivity (Wildman–Crippen MR) is 93.4 cm³/mol. The van der Waals surface area contributed by atoms with Crippen LogP contribution in [0.4, 0.5) is 9.52 Å². The lowest BCUT2D eigenvalue weighted by Gasteiger charge is -2.34. The Kier molecular flexibility index (Phi) is 5.37. The summed E-state index contributed by atoms with van der Waals surface area (Å²) in [4.78, 5) is 28.3. The van der Waals surface area contributed by atoms with Crippen LogP contribution in [0, 0.1) is 12.7 Å². The van der Waals surface area contributed by atoms with E-state index in [4.69, 9.17) is 0 Å². The lowest BCUT2D eigenvalue weighted by molar-refractivity contribution is -0.131. The standard InChI is InChI=1S/C17H19FN4O2S/c1-12-19-20-17(25-12)22-10-8-21(9-11-22)16(24)7-6-15(23)13-2-4-14(18)5-3-13/h2-5H,6-11H2,1H3. The van der Waals surface area contributed by atoms with Crippen molar-refractivity contribution in [3.63, 3.8) is 0 Å². The third-order valence-electron chi connectivity index (χ3n) is 4.15. The van der Waals surface area contributed by atoms with Crippen LogP contribution in [0.5, 0.6) is 0 Å². The van der Waals surface area contributed by atoms with Crippen LogP contribution in [0.3, 0.4) is 0 Å². The smallest absolute Gasteiger partial charge is 0.223 e. The van der Waals surface area contributed by atoms with Gasteiger partial charge in [0.2, 0.25) is 11.0 Å². The molecule has 0 unspecified atom stereocenters. The average Bonchev–Trinajstić information content (AvgIpc) is 3.06. The predicted octanol–water partition coefficient (Wildman–Crippen LogP) is 2.30. The minimum absolute atomic E-state index is 0.0245. The van der Waals surface area contributed by atoms with Gasteiger partial charge in [-0.3, -0.25) is 9.59 Å². The van der Waals surface area contributed by atoms with Crippen molar-refractivity contribution in [2.24, 2.45) is 0 Å². The fourth-order valence-electron chi connectivity index (χ4n) is 2.72. The molecule has 0 spiro atoms. The molecule has 2 aromatic rings. The number of aromatic nitrogens is 2. The molecule has 0 N–H and O–H groups in total. The summed E-state index contributed by atoms with van der Waals surface area (Å²) in [6, 6.07) is 5.41. The van der Waals surface area contributed by atoms with E-state index in [1.165, 1.54) is 24.3 Å². The van der Waals surface area contributed by atoms with E-state index in [2.05, 4.69) is 15.1 Å². The minimum Gasteiger partial charge on any atom is -0.343 e. The summed E-state index contributed by atoms with van der Waals surface area (Å²) in [5.74, 6) is -0.545. The Morgan fingerprint density at radius 1 is 1.08 bits per heavy atom. The number of anilines is 1. The summed E-state index contributed by atoms with van der Waals surface area (Å²) >= 11 is 1.55. The number of amides is 1. The topological polar surface area (TPSA) is 66.4 Å². The van der Waals surface area contributed by atoms with Crippen LogP contribution in [0.2, 0.25) is 0 Å². The second kappa shape index (κ2) is 7.69. The molecule has 1 aromatic heterocycles. The van der Waals surface area contributed by atoms with E-state index < -0.39 is 0 Å². The molecule has 1 fully saturated rings. The molecule has 0 saturated carbocycles. The molecule has 132 valence electrons. The van der Waals surface area contributed by atoms with Gasteiger partial charge in [0.15, 0.2) is 5.78 Å². The second-order valence-electron chi connectivity index (χ2n) is 5.90. The van der Waals surface area contributed by atoms with Crippen LogP contribution in [-0.2, 0) is 4.79 Å². The minimum atomic E-state index is -0.379. The van der Waals surface area contributed by atoms with E-state index in [1.54, 1.807) is 16.2 Å². The number of piperazine rings is 1. The third kappa shape index (κ3) is 4.39. The number of halogens is 1. The maximum Gasteiger partial charge on any atom is 0.223 e. The van der Waals surface area contributed by atoms with Crippen molar-refractivity contribution in [1.29, 1.82) is 0 Å². The number of Topliss-reactive ketones (excluding diaryl/α,β-unsaturated/α-hetero) is 1. The van der Waals surface area contributed by atoms with E-state index in [-0.39, 0.29) is 30.3 Å². The number of hydrogen-bond donors (Lipinski definition) is 0. The summed E-state index contributed by atoms with van der Waals surface area (Å²) in [5.41, 5.74) is 0.436. The first-order chi connectivity index (χ1) is 12.0. The van der Waals surface area contributed by atoms with Crippen molar-refractivity contribution in [2.45, 2.75) is 19.8 Å². The Hall–Kier alpha value is -2.35. The van der Waals surface area contributed by atoms with Gasteiger partial charge in [-0.05, 0) is 31.2 Å². The molecule has 3 rings (SSSR count). The summed E-state index contributed by atoms with van der Waals surface area (Å²) in [5, 5.41) is 9.95. The quantitative estimate of drug-likeness (QED) is 0.764. The number of nitrogens with zero attached hydrogens (tertiary/aromatic N) is 4. The molecular weight excluding hydrogens is 343 g/mol. The molecule has 1 amide bonds. The number of ketones is 1. The Labute approximate surface area is 149 Å². The highest BCUT2D eigenvalue weighted by Gasteiger charge is 2.23. The molecule has 1 aromatic carbocycles. The third-order valence-corrected chi connectivity index (χ3v) is 5.05. The molecule has 25 heavy (non-hydrogen) atoms. The van der Waals surface area contributed by atoms with Crippen molar-refractivity contribution in [2.75, 3.05) is 31.1 Å². The van der Waals surface area contributed by atoms with Crippen molar-refractivity contribution < 1.29 is 14.0 Å². The highest BCUT2D eigenvalue weighted by molar-refractivity contribution is 7.15. The van der Waals surface area contributed by atoms with Crippen LogP contribution < -0.4 is 4.90 Å². The van der Waals surface area contributed by atoms with Gasteiger partial charge >= 0.3 is 0 Å². The zero-order valence-corrected chi connectivity index (χ0v) is 14.8. The highest BCUT2D eigenvalue weighted by atomic mass is 32.1. The summed E-state index contributed by atoms with van der Waals surface area (Å²) in [7, 11) is 0. The van der Waals surface area contributed by atoms with Crippen molar-refractivity contribution in [3.05, 3.63) is 40.7 Å². The average molecular weight is 362 g/mol. The van der Waals surface area contributed by atoms with Crippen LogP contribution in [0.25, 0.3) is 0 Å². The number of carbonyl (C=O) groups excluding carboxylic acids is 2. The van der Waals surface area contributed by atoms with Gasteiger partial charge in [0.05, 0.1) is 0 Å². The summed E-state index contributed by atoms with van der Waals surface area (Å²) in [6.07, 6.45) is 0.314. The number of benzene rings is 1. The molecule has 1 aliphatic rings. The van der Waals surface area contributed by atoms with Crippen LogP contribution >= 0.6 is 11.3 Å². The number of aryl methyl sites for hydroxylation is 1. The largest absolute Gasteiger partial charge is 0.343 e. The number of carbonyl (C=O) groups is 2. The summed E-state index contributed by atoms with van der Waals surface area (Å²) in [6.45, 7) is 4.57. The molecule has 0 atom stereocenters. The van der Waals surface area contributed by atoms with Crippen molar-refractivity contribution in [3.8, 4) is 0 Å². The van der Waals surface area contributed by atoms with Gasteiger partial charge in [0, 0.05) is 44.6 Å². The molecule has 1 saturated heterocycles. The molecule has 0 bridgehead atoms. The molecule has 0 radical (unpaired) electrons. The van der Waals surface area contributed by atoms with Crippen molar-refractivity contribution >= 4 is 28.2 Å². The normalized spacial score (nSPS) is 14.6. The van der Waals surface area contributed by atoms with Crippen molar-refractivity contribution in [1.82, 2.24) is 15.1 Å². The zero-order chi connectivity index (χ0) is 17.8. The zero-order valence-electron chi connectivity index (χ0n) is 13.9. The lowest BCUT2D eigenvalue weighted by Crippen LogP contribution is -2.48. The van der Waals surface area contributed by atoms with Gasteiger partial charge in [-0.15, -0.1) is 10.2 Å². The monoisotopic (exact) mass is 362 g/mol. The van der Waals surface area contributed by atoms with E-state index in [0.29, 0.717) is 31.7 Å². The number of rotatable bonds is 5. The fourth-order valence-corrected chi connectivity index (χ4v) is 3.46. The van der Waals surface area contributed by atoms with E-state index in [9.17, 15) is 14.0 Å². The van der Waals surface area contributed by atoms with E-state index >= 15 is 0 Å². The van der Waals surface area contributed by atoms with Gasteiger partial charge in [0.25, 0.3) is 0 Å². The molecular formula is C17H19FN4O2S. The SMILES string of the molecule is Cc1nnc(N2CCN(C(=O)CCC(=O)c3ccc(F)cc3)CC2)s1. The Balaban J connectivity index is 1.46. The second-order valence-corrected chi connectivity index (χ2v) is 7.06. The highest BCUT2D eigenvalue weighted by Crippen LogP contribution is 2.21. The van der Waals surface area contributed by atoms with E-state index in [0.717, 1.165) is 10.1 Å². The fraction of sp³-hybridized carbons (Fsp3) is 0.412. The lowest BCUT2D eigenvalue weighted by atomic mass is 10.1. The van der Waals surface area contributed by atoms with Crippen LogP contribution in [-0.4, -0.2) is 53.0 Å². The Morgan fingerprint density at radius 3 is 2.36 bits per heavy atom.